The molecule has 4 rings (SSSR count). The summed E-state index contributed by atoms with van der Waals surface area (Å²) in [4.78, 5) is 63.8. The molecule has 53 heavy (non-hydrogen) atoms. The number of hydrogen-bond acceptors (Lipinski definition) is 14. The van der Waals surface area contributed by atoms with Crippen LogP contribution in [0.4, 0.5) is 0 Å². The number of ketones is 1. The molecule has 0 unspecified atom stereocenters. The fraction of sp³-hybridized carbons (Fsp3) is 0.432. The van der Waals surface area contributed by atoms with Crippen LogP contribution >= 0.6 is 22.7 Å². The lowest BCUT2D eigenvalue weighted by molar-refractivity contribution is -0.144. The Morgan fingerprint density at radius 2 is 1.30 bits per heavy atom. The Morgan fingerprint density at radius 3 is 1.91 bits per heavy atom. The summed E-state index contributed by atoms with van der Waals surface area (Å²) in [6.45, 7) is 6.16. The zero-order chi connectivity index (χ0) is 38.5. The third-order valence-electron chi connectivity index (χ3n) is 7.73. The molecule has 0 aliphatic heterocycles. The van der Waals surface area contributed by atoms with Gasteiger partial charge in [-0.05, 0) is 55.8 Å². The summed E-state index contributed by atoms with van der Waals surface area (Å²) in [7, 11) is 3.18. The molecule has 16 heteroatoms. The maximum atomic E-state index is 13.0. The van der Waals surface area contributed by atoms with Gasteiger partial charge in [-0.3, -0.25) is 24.0 Å². The van der Waals surface area contributed by atoms with E-state index in [1.54, 1.807) is 52.1 Å². The third-order valence-corrected chi connectivity index (χ3v) is 9.95. The highest BCUT2D eigenvalue weighted by Crippen LogP contribution is 2.39. The summed E-state index contributed by atoms with van der Waals surface area (Å²) < 4.78 is 35.1. The molecule has 0 saturated heterocycles. The van der Waals surface area contributed by atoms with E-state index in [-0.39, 0.29) is 75.9 Å². The van der Waals surface area contributed by atoms with E-state index in [1.807, 2.05) is 12.1 Å². The van der Waals surface area contributed by atoms with Gasteiger partial charge in [-0.15, -0.1) is 22.7 Å². The molecular weight excluding hydrogens is 727 g/mol. The minimum absolute atomic E-state index is 0.00388. The van der Waals surface area contributed by atoms with Crippen LogP contribution in [0.2, 0.25) is 0 Å². The number of carbonyl (C=O) groups excluding carboxylic acids is 5. The summed E-state index contributed by atoms with van der Waals surface area (Å²) >= 11 is 2.59. The van der Waals surface area contributed by atoms with Crippen LogP contribution in [0.3, 0.4) is 0 Å². The summed E-state index contributed by atoms with van der Waals surface area (Å²) in [5, 5.41) is 4.17. The fourth-order valence-corrected chi connectivity index (χ4v) is 7.07. The molecule has 2 aromatic carbocycles. The van der Waals surface area contributed by atoms with Crippen LogP contribution in [-0.4, -0.2) is 94.3 Å². The summed E-state index contributed by atoms with van der Waals surface area (Å²) in [6.07, 6.45) is 0.610. The zero-order valence-corrected chi connectivity index (χ0v) is 32.1. The summed E-state index contributed by atoms with van der Waals surface area (Å²) in [6, 6.07) is 9.97. The van der Waals surface area contributed by atoms with E-state index >= 15 is 0 Å². The molecule has 0 aliphatic rings. The highest BCUT2D eigenvalue weighted by Gasteiger charge is 2.19. The molecule has 0 saturated carbocycles. The first-order valence-electron chi connectivity index (χ1n) is 17.1. The van der Waals surface area contributed by atoms with Gasteiger partial charge in [0, 0.05) is 48.0 Å². The minimum Gasteiger partial charge on any atom is -0.493 e. The molecule has 2 aromatic heterocycles. The average molecular weight is 772 g/mol. The Hall–Kier alpha value is -4.93. The molecule has 0 spiro atoms. The molecule has 0 aliphatic carbocycles. The molecule has 0 bridgehead atoms. The van der Waals surface area contributed by atoms with E-state index in [1.165, 1.54) is 34.7 Å². The molecule has 3 N–H and O–H groups in total. The maximum absolute atomic E-state index is 13.0. The monoisotopic (exact) mass is 771 g/mol. The first-order chi connectivity index (χ1) is 25.4. The summed E-state index contributed by atoms with van der Waals surface area (Å²) in [5.41, 5.74) is 5.64. The number of nitrogens with zero attached hydrogens (tertiary/aromatic N) is 1. The van der Waals surface area contributed by atoms with E-state index in [2.05, 4.69) is 5.32 Å². The van der Waals surface area contributed by atoms with Crippen molar-refractivity contribution in [2.24, 2.45) is 5.73 Å². The molecule has 0 fully saturated rings. The van der Waals surface area contributed by atoms with Crippen LogP contribution in [0.5, 0.6) is 23.0 Å². The van der Waals surface area contributed by atoms with Crippen molar-refractivity contribution in [3.05, 3.63) is 46.2 Å². The Bertz CT molecular complexity index is 1920. The zero-order valence-electron chi connectivity index (χ0n) is 30.4. The lowest BCUT2D eigenvalue weighted by Gasteiger charge is -2.15. The standard InChI is InChI=1S/C37H45N3O11S2/c1-6-47-34(42)10-9-25(41)32-17-23-16-28(29(20-31(23)52-32)51-21-39-36(44)22(3)38)50-14-8-13-49-27-15-24-18-33(53-30(24)19-26(27)46-5)37(45)40(4)12-11-35(43)48-7-2/h15-20,22H,6-14,21,38H2,1-5H3,(H,39,44)/t22-/m0/s1. The number of carbonyl (C=O) groups is 5. The number of hydrogen-bond donors (Lipinski definition) is 2. The number of ether oxygens (including phenoxy) is 6. The molecule has 2 heterocycles. The van der Waals surface area contributed by atoms with Crippen molar-refractivity contribution in [1.29, 1.82) is 0 Å². The molecule has 0 radical (unpaired) electrons. The van der Waals surface area contributed by atoms with Gasteiger partial charge in [0.15, 0.2) is 35.5 Å². The van der Waals surface area contributed by atoms with Crippen LogP contribution < -0.4 is 30.0 Å². The second-order valence-electron chi connectivity index (χ2n) is 11.8. The number of amides is 2. The van der Waals surface area contributed by atoms with Crippen LogP contribution in [0, 0.1) is 0 Å². The number of nitrogens with two attached hydrogens (primary N) is 1. The van der Waals surface area contributed by atoms with Gasteiger partial charge in [0.25, 0.3) is 5.91 Å². The van der Waals surface area contributed by atoms with E-state index in [9.17, 15) is 24.0 Å². The number of benzene rings is 2. The van der Waals surface area contributed by atoms with Gasteiger partial charge < -0.3 is 44.4 Å². The van der Waals surface area contributed by atoms with Crippen LogP contribution in [0.25, 0.3) is 20.2 Å². The van der Waals surface area contributed by atoms with Gasteiger partial charge in [-0.25, -0.2) is 0 Å². The van der Waals surface area contributed by atoms with Crippen molar-refractivity contribution in [3.8, 4) is 23.0 Å². The lowest BCUT2D eigenvalue weighted by Crippen LogP contribution is -2.40. The van der Waals surface area contributed by atoms with E-state index in [4.69, 9.17) is 34.2 Å². The lowest BCUT2D eigenvalue weighted by atomic mass is 10.1. The van der Waals surface area contributed by atoms with E-state index in [0.717, 1.165) is 20.2 Å². The quantitative estimate of drug-likeness (QED) is 0.0482. The Kier molecular flexibility index (Phi) is 15.2. The number of methoxy groups -OCH3 is 1. The van der Waals surface area contributed by atoms with Crippen molar-refractivity contribution in [2.75, 3.05) is 53.9 Å². The molecule has 4 aromatic rings. The smallest absolute Gasteiger partial charge is 0.307 e. The number of Topliss-reactive ketones (excluding diaryl/α,β-unsaturated/α-hetero) is 1. The van der Waals surface area contributed by atoms with E-state index in [0.29, 0.717) is 45.8 Å². The third kappa shape index (κ3) is 11.5. The maximum Gasteiger partial charge on any atom is 0.307 e. The first kappa shape index (κ1) is 40.8. The van der Waals surface area contributed by atoms with Crippen molar-refractivity contribution in [3.63, 3.8) is 0 Å². The summed E-state index contributed by atoms with van der Waals surface area (Å²) in [5.74, 6) is 0.229. The second kappa shape index (κ2) is 19.8. The average Bonchev–Trinajstić information content (AvgIpc) is 3.75. The van der Waals surface area contributed by atoms with Crippen molar-refractivity contribution in [2.45, 2.75) is 52.5 Å². The highest BCUT2D eigenvalue weighted by molar-refractivity contribution is 7.21. The van der Waals surface area contributed by atoms with Crippen LogP contribution in [-0.2, 0) is 23.9 Å². The SMILES string of the molecule is CCOC(=O)CCC(=O)c1cc2cc(OCCCOc3cc4cc(C(=O)N(C)CCC(=O)OCC)sc4cc3OC)c(OCNC(=O)[C@H](C)N)cc2s1. The van der Waals surface area contributed by atoms with Gasteiger partial charge in [0.1, 0.15) is 0 Å². The number of fused-ring (bicyclic) bond motifs is 2. The van der Waals surface area contributed by atoms with Gasteiger partial charge in [0.2, 0.25) is 5.91 Å². The fourth-order valence-electron chi connectivity index (χ4n) is 4.96. The number of esters is 2. The van der Waals surface area contributed by atoms with Gasteiger partial charge in [-0.2, -0.15) is 0 Å². The first-order valence-corrected chi connectivity index (χ1v) is 18.8. The van der Waals surface area contributed by atoms with Gasteiger partial charge in [-0.1, -0.05) is 0 Å². The number of thiophene rings is 2. The van der Waals surface area contributed by atoms with Crippen LogP contribution in [0.1, 0.15) is 65.8 Å². The largest absolute Gasteiger partial charge is 0.493 e. The topological polar surface area (TPSA) is 182 Å². The second-order valence-corrected chi connectivity index (χ2v) is 13.9. The molecule has 286 valence electrons. The van der Waals surface area contributed by atoms with Gasteiger partial charge in [0.05, 0.1) is 62.2 Å². The minimum atomic E-state index is -0.711. The van der Waals surface area contributed by atoms with Crippen molar-refractivity contribution in [1.82, 2.24) is 10.2 Å². The normalized spacial score (nSPS) is 11.5. The van der Waals surface area contributed by atoms with Gasteiger partial charge >= 0.3 is 11.9 Å². The Balaban J connectivity index is 1.40. The Morgan fingerprint density at radius 1 is 0.755 bits per heavy atom. The van der Waals surface area contributed by atoms with Crippen molar-refractivity contribution < 1.29 is 52.4 Å². The number of rotatable bonds is 21. The molecular formula is C37H45N3O11S2. The predicted octanol–water partition coefficient (Wildman–Crippen LogP) is 5.32. The Labute approximate surface area is 315 Å². The molecule has 1 atom stereocenters. The molecule has 2 amide bonds. The van der Waals surface area contributed by atoms with Crippen LogP contribution in [0.15, 0.2) is 36.4 Å². The predicted molar refractivity (Wildman–Crippen MR) is 202 cm³/mol. The molecule has 14 nitrogen and oxygen atoms in total. The van der Waals surface area contributed by atoms with E-state index < -0.39 is 12.0 Å². The van der Waals surface area contributed by atoms with Crippen molar-refractivity contribution >= 4 is 72.4 Å². The number of nitrogens with one attached hydrogen (secondary N) is 1. The highest BCUT2D eigenvalue weighted by atomic mass is 32.1.